The van der Waals surface area contributed by atoms with Crippen LogP contribution in [0.15, 0.2) is 30.3 Å². The zero-order chi connectivity index (χ0) is 18.3. The van der Waals surface area contributed by atoms with Crippen LogP contribution in [0, 0.1) is 17.7 Å². The van der Waals surface area contributed by atoms with Crippen molar-refractivity contribution in [3.05, 3.63) is 41.2 Å². The van der Waals surface area contributed by atoms with Crippen LogP contribution in [0.25, 0.3) is 11.3 Å². The Morgan fingerprint density at radius 2 is 1.92 bits per heavy atom. The fraction of sp³-hybridized carbons (Fsp3) is 0.389. The molecular weight excluding hydrogens is 359 g/mol. The number of carboxylic acid groups (broad SMARTS) is 1. The van der Waals surface area contributed by atoms with Crippen LogP contribution in [0.2, 0.25) is 5.02 Å². The topological polar surface area (TPSA) is 78.4 Å². The Morgan fingerprint density at radius 1 is 1.19 bits per heavy atom. The summed E-state index contributed by atoms with van der Waals surface area (Å²) in [6, 6.07) is 7.97. The maximum absolute atomic E-state index is 13.4. The Morgan fingerprint density at radius 3 is 2.54 bits per heavy atom. The van der Waals surface area contributed by atoms with Crippen molar-refractivity contribution in [2.45, 2.75) is 18.9 Å². The molecule has 0 spiro atoms. The average molecular weight is 377 g/mol. The highest BCUT2D eigenvalue weighted by molar-refractivity contribution is 6.33. The van der Waals surface area contributed by atoms with Gasteiger partial charge in [0.25, 0.3) is 0 Å². The molecular formula is C18H18ClFN4O2. The molecule has 8 heteroatoms. The number of nitrogens with zero attached hydrogens (tertiary/aromatic N) is 3. The van der Waals surface area contributed by atoms with Crippen molar-refractivity contribution in [1.82, 2.24) is 15.1 Å². The lowest BCUT2D eigenvalue weighted by Crippen LogP contribution is -2.29. The van der Waals surface area contributed by atoms with Gasteiger partial charge in [0.1, 0.15) is 11.6 Å². The molecule has 0 radical (unpaired) electrons. The number of rotatable bonds is 3. The number of carbonyl (C=O) groups is 1. The molecule has 1 aliphatic carbocycles. The third kappa shape index (κ3) is 3.31. The lowest BCUT2D eigenvalue weighted by Gasteiger charge is -2.17. The summed E-state index contributed by atoms with van der Waals surface area (Å²) in [6.45, 7) is 1.22. The molecule has 1 aromatic carbocycles. The highest BCUT2D eigenvalue weighted by Gasteiger charge is 2.42. The van der Waals surface area contributed by atoms with E-state index in [0.29, 0.717) is 47.0 Å². The van der Waals surface area contributed by atoms with Gasteiger partial charge in [0.15, 0.2) is 0 Å². The van der Waals surface area contributed by atoms with Gasteiger partial charge in [0.05, 0.1) is 10.7 Å². The molecule has 6 nitrogen and oxygen atoms in total. The van der Waals surface area contributed by atoms with Crippen LogP contribution in [-0.4, -0.2) is 45.4 Å². The largest absolute Gasteiger partial charge is 0.465 e. The van der Waals surface area contributed by atoms with Gasteiger partial charge in [-0.25, -0.2) is 9.18 Å². The molecule has 1 saturated heterocycles. The summed E-state index contributed by atoms with van der Waals surface area (Å²) in [7, 11) is 0. The minimum absolute atomic E-state index is 0.263. The third-order valence-corrected chi connectivity index (χ3v) is 5.57. The molecule has 136 valence electrons. The smallest absolute Gasteiger partial charge is 0.407 e. The Bertz CT molecular complexity index is 818. The van der Waals surface area contributed by atoms with E-state index in [-0.39, 0.29) is 11.9 Å². The Hall–Kier alpha value is -2.41. The van der Waals surface area contributed by atoms with E-state index >= 15 is 0 Å². The maximum atomic E-state index is 13.4. The maximum Gasteiger partial charge on any atom is 0.407 e. The van der Waals surface area contributed by atoms with Crippen molar-refractivity contribution in [2.24, 2.45) is 11.8 Å². The number of nitrogens with one attached hydrogen (secondary N) is 1. The summed E-state index contributed by atoms with van der Waals surface area (Å²) in [5.41, 5.74) is 1.02. The average Bonchev–Trinajstić information content (AvgIpc) is 3.16. The highest BCUT2D eigenvalue weighted by Crippen LogP contribution is 2.39. The van der Waals surface area contributed by atoms with Gasteiger partial charge in [-0.1, -0.05) is 11.6 Å². The Kier molecular flexibility index (Phi) is 4.40. The minimum atomic E-state index is -0.832. The van der Waals surface area contributed by atoms with Crippen molar-refractivity contribution in [3.63, 3.8) is 0 Å². The quantitative estimate of drug-likeness (QED) is 0.853. The summed E-state index contributed by atoms with van der Waals surface area (Å²) in [4.78, 5) is 12.6. The number of anilines is 1. The van der Waals surface area contributed by atoms with Crippen LogP contribution in [0.5, 0.6) is 0 Å². The minimum Gasteiger partial charge on any atom is -0.465 e. The van der Waals surface area contributed by atoms with Gasteiger partial charge < -0.3 is 15.3 Å². The van der Waals surface area contributed by atoms with E-state index in [1.807, 2.05) is 0 Å². The van der Waals surface area contributed by atoms with Crippen molar-refractivity contribution in [3.8, 4) is 11.3 Å². The summed E-state index contributed by atoms with van der Waals surface area (Å²) < 4.78 is 13.4. The van der Waals surface area contributed by atoms with Crippen LogP contribution in [0.1, 0.15) is 12.8 Å². The second-order valence-corrected chi connectivity index (χ2v) is 7.36. The molecule has 3 atom stereocenters. The van der Waals surface area contributed by atoms with Gasteiger partial charge in [-0.2, -0.15) is 0 Å². The predicted molar refractivity (Wildman–Crippen MR) is 95.7 cm³/mol. The van der Waals surface area contributed by atoms with E-state index in [0.717, 1.165) is 12.8 Å². The SMILES string of the molecule is O=C(O)N1C[C@H]2CC(Nc3ccc(-c4cc(F)ccc4Cl)nn3)C[C@H]2C1. The van der Waals surface area contributed by atoms with E-state index in [1.165, 1.54) is 23.1 Å². The molecule has 0 bridgehead atoms. The molecule has 1 unspecified atom stereocenters. The number of aromatic nitrogens is 2. The number of fused-ring (bicyclic) bond motifs is 1. The van der Waals surface area contributed by atoms with E-state index in [4.69, 9.17) is 16.7 Å². The molecule has 2 N–H and O–H groups in total. The lowest BCUT2D eigenvalue weighted by atomic mass is 10.0. The molecule has 1 saturated carbocycles. The molecule has 4 rings (SSSR count). The monoisotopic (exact) mass is 376 g/mol. The molecule has 1 aliphatic heterocycles. The van der Waals surface area contributed by atoms with Crippen molar-refractivity contribution in [1.29, 1.82) is 0 Å². The fourth-order valence-electron chi connectivity index (χ4n) is 4.03. The second-order valence-electron chi connectivity index (χ2n) is 6.95. The van der Waals surface area contributed by atoms with E-state index < -0.39 is 6.09 Å². The molecule has 2 heterocycles. The summed E-state index contributed by atoms with van der Waals surface area (Å²) in [5, 5.41) is 21.2. The van der Waals surface area contributed by atoms with Gasteiger partial charge in [-0.05, 0) is 55.0 Å². The second kappa shape index (κ2) is 6.72. The van der Waals surface area contributed by atoms with Crippen molar-refractivity contribution in [2.75, 3.05) is 18.4 Å². The molecule has 1 amide bonds. The van der Waals surface area contributed by atoms with E-state index in [2.05, 4.69) is 15.5 Å². The molecule has 1 aromatic heterocycles. The molecule has 2 fully saturated rings. The standard InChI is InChI=1S/C18H18ClFN4O2/c19-15-2-1-12(20)7-14(15)16-3-4-17(23-22-16)21-13-5-10-8-24(18(25)26)9-11(10)6-13/h1-4,7,10-11,13H,5-6,8-9H2,(H,21,23)(H,25,26)/t10-,11+,13?. The number of halogens is 2. The summed E-state index contributed by atoms with van der Waals surface area (Å²) in [5.74, 6) is 1.09. The fourth-order valence-corrected chi connectivity index (χ4v) is 4.24. The highest BCUT2D eigenvalue weighted by atomic mass is 35.5. The number of amides is 1. The first kappa shape index (κ1) is 17.0. The number of benzene rings is 1. The number of hydrogen-bond acceptors (Lipinski definition) is 4. The van der Waals surface area contributed by atoms with Gasteiger partial charge in [0, 0.05) is 24.7 Å². The zero-order valence-corrected chi connectivity index (χ0v) is 14.7. The predicted octanol–water partition coefficient (Wildman–Crippen LogP) is 3.74. The van der Waals surface area contributed by atoms with Crippen LogP contribution < -0.4 is 5.32 Å². The van der Waals surface area contributed by atoms with Gasteiger partial charge in [-0.3, -0.25) is 0 Å². The zero-order valence-electron chi connectivity index (χ0n) is 13.9. The van der Waals surface area contributed by atoms with Crippen LogP contribution in [-0.2, 0) is 0 Å². The third-order valence-electron chi connectivity index (χ3n) is 5.24. The molecule has 26 heavy (non-hydrogen) atoms. The summed E-state index contributed by atoms with van der Waals surface area (Å²) in [6.07, 6.45) is 1.02. The van der Waals surface area contributed by atoms with Gasteiger partial charge >= 0.3 is 6.09 Å². The van der Waals surface area contributed by atoms with Crippen molar-refractivity contribution < 1.29 is 14.3 Å². The van der Waals surface area contributed by atoms with Crippen LogP contribution in [0.4, 0.5) is 15.0 Å². The molecule has 2 aliphatic rings. The molecule has 2 aromatic rings. The first-order chi connectivity index (χ1) is 12.5. The van der Waals surface area contributed by atoms with E-state index in [1.54, 1.807) is 12.1 Å². The Balaban J connectivity index is 1.40. The van der Waals surface area contributed by atoms with Crippen LogP contribution in [0.3, 0.4) is 0 Å². The lowest BCUT2D eigenvalue weighted by molar-refractivity contribution is 0.152. The first-order valence-corrected chi connectivity index (χ1v) is 8.91. The van der Waals surface area contributed by atoms with E-state index in [9.17, 15) is 9.18 Å². The number of likely N-dealkylation sites (tertiary alicyclic amines) is 1. The first-order valence-electron chi connectivity index (χ1n) is 8.53. The van der Waals surface area contributed by atoms with Gasteiger partial charge in [-0.15, -0.1) is 10.2 Å². The van der Waals surface area contributed by atoms with Gasteiger partial charge in [0.2, 0.25) is 0 Å². The number of hydrogen-bond donors (Lipinski definition) is 2. The van der Waals surface area contributed by atoms with Crippen molar-refractivity contribution >= 4 is 23.5 Å². The normalized spacial score (nSPS) is 24.5. The summed E-state index contributed by atoms with van der Waals surface area (Å²) >= 11 is 6.10. The van der Waals surface area contributed by atoms with Crippen LogP contribution >= 0.6 is 11.6 Å². The Labute approximate surface area is 155 Å².